The van der Waals surface area contributed by atoms with Gasteiger partial charge in [0.1, 0.15) is 11.8 Å². The van der Waals surface area contributed by atoms with Crippen LogP contribution < -0.4 is 5.32 Å². The molecule has 0 aliphatic rings. The predicted molar refractivity (Wildman–Crippen MR) is 190 cm³/mol. The molecule has 0 saturated carbocycles. The van der Waals surface area contributed by atoms with Gasteiger partial charge in [-0.15, -0.1) is 0 Å². The number of benzene rings is 2. The number of aliphatic carboxylic acids is 1. The molecule has 2 rings (SSSR count). The van der Waals surface area contributed by atoms with E-state index in [0.29, 0.717) is 18.4 Å². The fourth-order valence-corrected chi connectivity index (χ4v) is 4.59. The van der Waals surface area contributed by atoms with E-state index in [9.17, 15) is 29.1 Å². The first-order chi connectivity index (χ1) is 23.7. The number of nitrogens with one attached hydrogen (secondary N) is 1. The van der Waals surface area contributed by atoms with Gasteiger partial charge in [0, 0.05) is 24.8 Å². The summed E-state index contributed by atoms with van der Waals surface area (Å²) in [6, 6.07) is 10.9. The molecular formula is C40H47NO8. The number of aromatic hydroxyl groups is 1. The summed E-state index contributed by atoms with van der Waals surface area (Å²) in [5.41, 5.74) is 0.521. The molecule has 1 atom stereocenters. The fourth-order valence-electron chi connectivity index (χ4n) is 4.59. The van der Waals surface area contributed by atoms with Gasteiger partial charge >= 0.3 is 17.9 Å². The summed E-state index contributed by atoms with van der Waals surface area (Å²) in [5.74, 6) is -4.37. The number of phenols is 1. The summed E-state index contributed by atoms with van der Waals surface area (Å²) in [5, 5.41) is 21.7. The quantitative estimate of drug-likeness (QED) is 0.0379. The lowest BCUT2D eigenvalue weighted by Gasteiger charge is -2.17. The molecular weight excluding hydrogens is 622 g/mol. The van der Waals surface area contributed by atoms with Crippen molar-refractivity contribution < 1.29 is 38.9 Å². The van der Waals surface area contributed by atoms with E-state index in [-0.39, 0.29) is 36.1 Å². The molecule has 2 aromatic rings. The van der Waals surface area contributed by atoms with Crippen molar-refractivity contribution in [2.24, 2.45) is 0 Å². The third kappa shape index (κ3) is 16.9. The summed E-state index contributed by atoms with van der Waals surface area (Å²) in [6.45, 7) is 2.12. The highest BCUT2D eigenvalue weighted by atomic mass is 16.6. The van der Waals surface area contributed by atoms with Gasteiger partial charge in [-0.1, -0.05) is 98.0 Å². The van der Waals surface area contributed by atoms with Gasteiger partial charge in [-0.05, 0) is 75.1 Å². The van der Waals surface area contributed by atoms with Crippen LogP contribution in [0.3, 0.4) is 0 Å². The van der Waals surface area contributed by atoms with E-state index in [2.05, 4.69) is 60.8 Å². The van der Waals surface area contributed by atoms with Crippen molar-refractivity contribution >= 4 is 29.6 Å². The fraction of sp³-hybridized carbons (Fsp3) is 0.325. The van der Waals surface area contributed by atoms with E-state index in [0.717, 1.165) is 32.1 Å². The summed E-state index contributed by atoms with van der Waals surface area (Å²) in [7, 11) is 0. The first-order valence-electron chi connectivity index (χ1n) is 16.6. The number of hydrogen-bond donors (Lipinski definition) is 3. The van der Waals surface area contributed by atoms with Crippen molar-refractivity contribution in [1.82, 2.24) is 5.32 Å². The van der Waals surface area contributed by atoms with E-state index < -0.39 is 42.1 Å². The van der Waals surface area contributed by atoms with Crippen molar-refractivity contribution in [3.8, 4) is 5.75 Å². The lowest BCUT2D eigenvalue weighted by atomic mass is 9.97. The highest BCUT2D eigenvalue weighted by Gasteiger charge is 2.27. The molecule has 2 aromatic carbocycles. The number of Topliss-reactive ketones (excluding diaryl/α,β-unsaturated/α-hetero) is 1. The number of carboxylic acids is 1. The molecule has 0 heterocycles. The molecule has 0 spiro atoms. The maximum atomic E-state index is 13.2. The largest absolute Gasteiger partial charge is 0.507 e. The summed E-state index contributed by atoms with van der Waals surface area (Å²) in [4.78, 5) is 62.5. The van der Waals surface area contributed by atoms with Gasteiger partial charge in [0.25, 0.3) is 5.91 Å². The van der Waals surface area contributed by atoms with Crippen LogP contribution in [-0.4, -0.2) is 45.9 Å². The van der Waals surface area contributed by atoms with Crippen LogP contribution >= 0.6 is 0 Å². The lowest BCUT2D eigenvalue weighted by Crippen LogP contribution is -2.43. The number of esters is 2. The normalized spacial score (nSPS) is 12.3. The Kier molecular flexibility index (Phi) is 19.5. The molecule has 0 aliphatic carbocycles. The molecule has 0 fully saturated rings. The van der Waals surface area contributed by atoms with E-state index >= 15 is 0 Å². The van der Waals surface area contributed by atoms with Crippen LogP contribution in [0.15, 0.2) is 109 Å². The molecule has 0 aliphatic heterocycles. The molecule has 9 nitrogen and oxygen atoms in total. The standard InChI is InChI=1S/C40H47NO8/c1-2-3-4-5-6-7-8-9-10-11-12-13-14-15-16-17-18-27-38(46)49-40(48)34(28-29-37(44)45)41-39(47)32-24-20-19-23-31(32)30-36(43)33-25-21-22-26-35(33)42/h3-4,6-7,9-10,12-13,15-16,19-26,34,42H,2,5,8,11,14,17-18,27-30H2,1H3,(H,41,47)(H,44,45). The zero-order chi connectivity index (χ0) is 35.7. The number of allylic oxidation sites excluding steroid dienone is 10. The molecule has 0 radical (unpaired) electrons. The van der Waals surface area contributed by atoms with E-state index in [1.165, 1.54) is 18.2 Å². The highest BCUT2D eigenvalue weighted by Crippen LogP contribution is 2.20. The second-order valence-electron chi connectivity index (χ2n) is 11.1. The summed E-state index contributed by atoms with van der Waals surface area (Å²) >= 11 is 0. The van der Waals surface area contributed by atoms with Gasteiger partial charge in [-0.3, -0.25) is 19.2 Å². The van der Waals surface area contributed by atoms with Crippen LogP contribution in [0.4, 0.5) is 0 Å². The predicted octanol–water partition coefficient (Wildman–Crippen LogP) is 7.77. The van der Waals surface area contributed by atoms with Gasteiger partial charge in [-0.2, -0.15) is 0 Å². The SMILES string of the molecule is CCC=CCC=CCC=CCC=CCC=CCCCC(=O)OC(=O)C(CCC(=O)O)NC(=O)c1ccccc1CC(=O)c1ccccc1O. The van der Waals surface area contributed by atoms with Crippen LogP contribution in [0.2, 0.25) is 0 Å². The van der Waals surface area contributed by atoms with Gasteiger partial charge < -0.3 is 20.3 Å². The number of hydrogen-bond acceptors (Lipinski definition) is 7. The minimum Gasteiger partial charge on any atom is -0.507 e. The van der Waals surface area contributed by atoms with Crippen molar-refractivity contribution in [1.29, 1.82) is 0 Å². The van der Waals surface area contributed by atoms with Gasteiger partial charge in [0.2, 0.25) is 0 Å². The number of rotatable bonds is 22. The third-order valence-electron chi connectivity index (χ3n) is 7.18. The third-order valence-corrected chi connectivity index (χ3v) is 7.18. The maximum absolute atomic E-state index is 13.2. The highest BCUT2D eigenvalue weighted by molar-refractivity contribution is 6.03. The van der Waals surface area contributed by atoms with Gasteiger partial charge in [-0.25, -0.2) is 4.79 Å². The average molecular weight is 670 g/mol. The minimum absolute atomic E-state index is 0.0308. The Bertz CT molecular complexity index is 1530. The number of ether oxygens (including phenoxy) is 1. The number of para-hydroxylation sites is 1. The Morgan fingerprint density at radius 1 is 0.735 bits per heavy atom. The van der Waals surface area contributed by atoms with Crippen LogP contribution in [0, 0.1) is 0 Å². The van der Waals surface area contributed by atoms with E-state index in [1.807, 2.05) is 12.2 Å². The minimum atomic E-state index is -1.40. The Hall–Kier alpha value is -5.31. The number of amides is 1. The first kappa shape index (κ1) is 39.9. The Morgan fingerprint density at radius 3 is 1.88 bits per heavy atom. The molecule has 0 bridgehead atoms. The number of carbonyl (C=O) groups is 5. The number of phenolic OH excluding ortho intramolecular Hbond substituents is 1. The lowest BCUT2D eigenvalue weighted by molar-refractivity contribution is -0.161. The molecule has 3 N–H and O–H groups in total. The Morgan fingerprint density at radius 2 is 1.29 bits per heavy atom. The Labute approximate surface area is 288 Å². The van der Waals surface area contributed by atoms with Gasteiger partial charge in [0.15, 0.2) is 5.78 Å². The average Bonchev–Trinajstić information content (AvgIpc) is 3.08. The van der Waals surface area contributed by atoms with Crippen molar-refractivity contribution in [3.05, 3.63) is 126 Å². The summed E-state index contributed by atoms with van der Waals surface area (Å²) in [6.07, 6.45) is 25.6. The monoisotopic (exact) mass is 669 g/mol. The van der Waals surface area contributed by atoms with Crippen molar-refractivity contribution in [3.63, 3.8) is 0 Å². The van der Waals surface area contributed by atoms with E-state index in [1.54, 1.807) is 30.3 Å². The molecule has 1 amide bonds. The van der Waals surface area contributed by atoms with Gasteiger partial charge in [0.05, 0.1) is 5.56 Å². The number of ketones is 1. The molecule has 9 heteroatoms. The molecule has 0 aromatic heterocycles. The second kappa shape index (κ2) is 23.9. The molecule has 1 unspecified atom stereocenters. The summed E-state index contributed by atoms with van der Waals surface area (Å²) < 4.78 is 4.96. The van der Waals surface area contributed by atoms with Crippen LogP contribution in [0.5, 0.6) is 5.75 Å². The zero-order valence-corrected chi connectivity index (χ0v) is 28.1. The number of unbranched alkanes of at least 4 members (excludes halogenated alkanes) is 1. The maximum Gasteiger partial charge on any atom is 0.336 e. The molecule has 0 saturated heterocycles. The van der Waals surface area contributed by atoms with Crippen LogP contribution in [0.1, 0.15) is 97.4 Å². The van der Waals surface area contributed by atoms with Crippen LogP contribution in [-0.2, 0) is 25.5 Å². The zero-order valence-electron chi connectivity index (χ0n) is 28.1. The Balaban J connectivity index is 1.81. The topological polar surface area (TPSA) is 147 Å². The number of carbonyl (C=O) groups excluding carboxylic acids is 4. The van der Waals surface area contributed by atoms with Crippen LogP contribution in [0.25, 0.3) is 0 Å². The number of carboxylic acid groups (broad SMARTS) is 1. The first-order valence-corrected chi connectivity index (χ1v) is 16.6. The molecule has 49 heavy (non-hydrogen) atoms. The van der Waals surface area contributed by atoms with Crippen molar-refractivity contribution in [2.45, 2.75) is 83.6 Å². The molecule has 260 valence electrons. The van der Waals surface area contributed by atoms with Crippen molar-refractivity contribution in [2.75, 3.05) is 0 Å². The smallest absolute Gasteiger partial charge is 0.336 e. The second-order valence-corrected chi connectivity index (χ2v) is 11.1. The van der Waals surface area contributed by atoms with E-state index in [4.69, 9.17) is 9.84 Å².